The maximum Gasteiger partial charge on any atom is 0.134 e. The number of hydrogen-bond acceptors (Lipinski definition) is 3. The summed E-state index contributed by atoms with van der Waals surface area (Å²) in [6.45, 7) is 2.68. The molecular weight excluding hydrogens is 398 g/mol. The molecule has 21 heavy (non-hydrogen) atoms. The fourth-order valence-corrected chi connectivity index (χ4v) is 3.00. The number of aromatic hydroxyl groups is 1. The Bertz CT molecular complexity index is 632. The molecule has 0 amide bonds. The number of methoxy groups -OCH3 is 1. The van der Waals surface area contributed by atoms with Crippen molar-refractivity contribution in [1.82, 2.24) is 5.32 Å². The molecule has 2 rings (SSSR count). The predicted octanol–water partition coefficient (Wildman–Crippen LogP) is 4.78. The van der Waals surface area contributed by atoms with Crippen LogP contribution in [0.25, 0.3) is 0 Å². The highest BCUT2D eigenvalue weighted by atomic mass is 79.9. The fraction of sp³-hybridized carbons (Fsp3) is 0.250. The van der Waals surface area contributed by atoms with E-state index in [-0.39, 0.29) is 11.8 Å². The first-order chi connectivity index (χ1) is 10.0. The summed E-state index contributed by atoms with van der Waals surface area (Å²) in [5, 5.41) is 13.4. The number of benzene rings is 2. The topological polar surface area (TPSA) is 41.5 Å². The zero-order valence-corrected chi connectivity index (χ0v) is 15.0. The second-order valence-electron chi connectivity index (χ2n) is 4.74. The molecule has 2 aromatic carbocycles. The van der Waals surface area contributed by atoms with Crippen LogP contribution in [0.1, 0.15) is 24.1 Å². The SMILES string of the molecule is COc1ccc(C(C)NCc2cccc(Br)c2O)cc1Br. The van der Waals surface area contributed by atoms with E-state index in [1.807, 2.05) is 36.4 Å². The summed E-state index contributed by atoms with van der Waals surface area (Å²) in [5.74, 6) is 1.10. The minimum Gasteiger partial charge on any atom is -0.506 e. The highest BCUT2D eigenvalue weighted by Crippen LogP contribution is 2.29. The first kappa shape index (κ1) is 16.3. The van der Waals surface area contributed by atoms with Gasteiger partial charge in [-0.1, -0.05) is 18.2 Å². The summed E-state index contributed by atoms with van der Waals surface area (Å²) in [6, 6.07) is 11.8. The Morgan fingerprint density at radius 2 is 1.95 bits per heavy atom. The molecule has 0 radical (unpaired) electrons. The second-order valence-corrected chi connectivity index (χ2v) is 6.45. The van der Waals surface area contributed by atoms with Gasteiger partial charge >= 0.3 is 0 Å². The third-order valence-electron chi connectivity index (χ3n) is 3.34. The summed E-state index contributed by atoms with van der Waals surface area (Å²) >= 11 is 6.82. The normalized spacial score (nSPS) is 12.2. The van der Waals surface area contributed by atoms with E-state index in [0.717, 1.165) is 21.3 Å². The van der Waals surface area contributed by atoms with Gasteiger partial charge < -0.3 is 15.2 Å². The first-order valence-electron chi connectivity index (χ1n) is 6.56. The van der Waals surface area contributed by atoms with Gasteiger partial charge in [-0.3, -0.25) is 0 Å². The van der Waals surface area contributed by atoms with Crippen LogP contribution in [0.5, 0.6) is 11.5 Å². The van der Waals surface area contributed by atoms with Crippen molar-refractivity contribution in [3.8, 4) is 11.5 Å². The molecule has 0 aromatic heterocycles. The molecule has 0 aliphatic heterocycles. The standard InChI is InChI=1S/C16H17Br2NO2/c1-10(11-6-7-15(21-2)14(18)8-11)19-9-12-4-3-5-13(17)16(12)20/h3-8,10,19-20H,9H2,1-2H3. The lowest BCUT2D eigenvalue weighted by molar-refractivity contribution is 0.411. The molecule has 5 heteroatoms. The lowest BCUT2D eigenvalue weighted by Gasteiger charge is -2.16. The van der Waals surface area contributed by atoms with Crippen LogP contribution in [0.2, 0.25) is 0 Å². The van der Waals surface area contributed by atoms with Gasteiger partial charge in [-0.05, 0) is 62.5 Å². The zero-order valence-electron chi connectivity index (χ0n) is 11.9. The molecule has 1 atom stereocenters. The molecule has 0 bridgehead atoms. The predicted molar refractivity (Wildman–Crippen MR) is 91.8 cm³/mol. The van der Waals surface area contributed by atoms with Crippen molar-refractivity contribution < 1.29 is 9.84 Å². The number of phenolic OH excluding ortho intramolecular Hbond substituents is 1. The first-order valence-corrected chi connectivity index (χ1v) is 8.14. The molecule has 0 fully saturated rings. The van der Waals surface area contributed by atoms with E-state index in [1.54, 1.807) is 7.11 Å². The van der Waals surface area contributed by atoms with E-state index in [9.17, 15) is 5.11 Å². The Hall–Kier alpha value is -1.04. The van der Waals surface area contributed by atoms with Gasteiger partial charge in [0.25, 0.3) is 0 Å². The molecule has 2 N–H and O–H groups in total. The van der Waals surface area contributed by atoms with Crippen molar-refractivity contribution in [3.05, 3.63) is 56.5 Å². The highest BCUT2D eigenvalue weighted by molar-refractivity contribution is 9.10. The quantitative estimate of drug-likeness (QED) is 0.739. The number of para-hydroxylation sites is 1. The van der Waals surface area contributed by atoms with Gasteiger partial charge in [0, 0.05) is 18.2 Å². The van der Waals surface area contributed by atoms with Gasteiger partial charge in [-0.15, -0.1) is 0 Å². The lowest BCUT2D eigenvalue weighted by atomic mass is 10.1. The van der Waals surface area contributed by atoms with Crippen LogP contribution >= 0.6 is 31.9 Å². The van der Waals surface area contributed by atoms with E-state index in [0.29, 0.717) is 11.0 Å². The number of ether oxygens (including phenoxy) is 1. The average Bonchev–Trinajstić information content (AvgIpc) is 2.48. The Labute approximate surface area is 141 Å². The van der Waals surface area contributed by atoms with E-state index >= 15 is 0 Å². The summed E-state index contributed by atoms with van der Waals surface area (Å²) < 4.78 is 6.87. The minimum absolute atomic E-state index is 0.158. The smallest absolute Gasteiger partial charge is 0.134 e. The lowest BCUT2D eigenvalue weighted by Crippen LogP contribution is -2.18. The molecule has 0 aliphatic rings. The molecule has 1 unspecified atom stereocenters. The summed E-state index contributed by atoms with van der Waals surface area (Å²) in [5.41, 5.74) is 2.01. The van der Waals surface area contributed by atoms with Crippen molar-refractivity contribution in [2.45, 2.75) is 19.5 Å². The van der Waals surface area contributed by atoms with Crippen molar-refractivity contribution in [2.24, 2.45) is 0 Å². The monoisotopic (exact) mass is 413 g/mol. The molecule has 112 valence electrons. The Morgan fingerprint density at radius 3 is 2.62 bits per heavy atom. The van der Waals surface area contributed by atoms with Crippen LogP contribution < -0.4 is 10.1 Å². The Balaban J connectivity index is 2.06. The van der Waals surface area contributed by atoms with Crippen molar-refractivity contribution in [3.63, 3.8) is 0 Å². The number of phenols is 1. The summed E-state index contributed by atoms with van der Waals surface area (Å²) in [7, 11) is 1.65. The van der Waals surface area contributed by atoms with Crippen LogP contribution in [0.4, 0.5) is 0 Å². The maximum absolute atomic E-state index is 9.98. The van der Waals surface area contributed by atoms with E-state index < -0.39 is 0 Å². The zero-order chi connectivity index (χ0) is 15.4. The molecule has 0 saturated carbocycles. The molecule has 2 aromatic rings. The molecule has 0 saturated heterocycles. The van der Waals surface area contributed by atoms with Gasteiger partial charge in [0.05, 0.1) is 16.1 Å². The van der Waals surface area contributed by atoms with Crippen molar-refractivity contribution in [2.75, 3.05) is 7.11 Å². The minimum atomic E-state index is 0.158. The van der Waals surface area contributed by atoms with Crippen LogP contribution in [0, 0.1) is 0 Å². The molecular formula is C16H17Br2NO2. The van der Waals surface area contributed by atoms with Crippen molar-refractivity contribution in [1.29, 1.82) is 0 Å². The van der Waals surface area contributed by atoms with Gasteiger partial charge in [-0.2, -0.15) is 0 Å². The van der Waals surface area contributed by atoms with Crippen molar-refractivity contribution >= 4 is 31.9 Å². The van der Waals surface area contributed by atoms with Crippen LogP contribution in [0.3, 0.4) is 0 Å². The van der Waals surface area contributed by atoms with E-state index in [4.69, 9.17) is 4.74 Å². The van der Waals surface area contributed by atoms with E-state index in [1.165, 1.54) is 0 Å². The van der Waals surface area contributed by atoms with Crippen LogP contribution in [-0.4, -0.2) is 12.2 Å². The second kappa shape index (κ2) is 7.29. The highest BCUT2D eigenvalue weighted by Gasteiger charge is 2.10. The number of halogens is 2. The fourth-order valence-electron chi connectivity index (χ4n) is 2.04. The molecule has 0 aliphatic carbocycles. The molecule has 0 heterocycles. The summed E-state index contributed by atoms with van der Waals surface area (Å²) in [4.78, 5) is 0. The largest absolute Gasteiger partial charge is 0.506 e. The maximum atomic E-state index is 9.98. The third-order valence-corrected chi connectivity index (χ3v) is 4.60. The third kappa shape index (κ3) is 3.99. The van der Waals surface area contributed by atoms with Crippen LogP contribution in [-0.2, 0) is 6.54 Å². The Kier molecular flexibility index (Phi) is 5.67. The molecule has 3 nitrogen and oxygen atoms in total. The van der Waals surface area contributed by atoms with Gasteiger partial charge in [0.15, 0.2) is 0 Å². The average molecular weight is 415 g/mol. The number of nitrogens with one attached hydrogen (secondary N) is 1. The number of hydrogen-bond donors (Lipinski definition) is 2. The van der Waals surface area contributed by atoms with Gasteiger partial charge in [0.1, 0.15) is 11.5 Å². The van der Waals surface area contributed by atoms with Crippen LogP contribution in [0.15, 0.2) is 45.3 Å². The van der Waals surface area contributed by atoms with E-state index in [2.05, 4.69) is 44.1 Å². The van der Waals surface area contributed by atoms with Gasteiger partial charge in [-0.25, -0.2) is 0 Å². The van der Waals surface area contributed by atoms with Gasteiger partial charge in [0.2, 0.25) is 0 Å². The Morgan fingerprint density at radius 1 is 1.19 bits per heavy atom. The number of rotatable bonds is 5. The summed E-state index contributed by atoms with van der Waals surface area (Å²) in [6.07, 6.45) is 0. The molecule has 0 spiro atoms.